The smallest absolute Gasteiger partial charge is 0.263 e. The summed E-state index contributed by atoms with van der Waals surface area (Å²) in [7, 11) is 3.17. The highest BCUT2D eigenvalue weighted by molar-refractivity contribution is 8.26. The minimum atomic E-state index is -0.185. The van der Waals surface area contributed by atoms with Gasteiger partial charge in [-0.1, -0.05) is 24.0 Å². The molecule has 0 unspecified atom stereocenters. The average molecular weight is 281 g/mol. The second-order valence-electron chi connectivity index (χ2n) is 3.46. The van der Waals surface area contributed by atoms with Crippen LogP contribution in [-0.2, 0) is 4.79 Å². The maximum absolute atomic E-state index is 11.6. The van der Waals surface area contributed by atoms with Crippen molar-refractivity contribution >= 4 is 40.3 Å². The van der Waals surface area contributed by atoms with E-state index in [0.29, 0.717) is 20.7 Å². The van der Waals surface area contributed by atoms with E-state index in [0.717, 1.165) is 5.56 Å². The Morgan fingerprint density at radius 2 is 2.11 bits per heavy atom. The van der Waals surface area contributed by atoms with Crippen LogP contribution in [0, 0.1) is 0 Å². The van der Waals surface area contributed by atoms with Gasteiger partial charge in [0.25, 0.3) is 5.91 Å². The quantitative estimate of drug-likeness (QED) is 0.680. The predicted octanol–water partition coefficient (Wildman–Crippen LogP) is 2.19. The normalized spacial score (nSPS) is 16.9. The van der Waals surface area contributed by atoms with Crippen LogP contribution in [-0.4, -0.2) is 24.4 Å². The number of thiocarbonyl (C=S) groups is 1. The largest absolute Gasteiger partial charge is 0.497 e. The van der Waals surface area contributed by atoms with Crippen molar-refractivity contribution in [1.29, 1.82) is 0 Å². The van der Waals surface area contributed by atoms with Crippen LogP contribution in [0.4, 0.5) is 0 Å². The number of hydrogen-bond acceptors (Lipinski definition) is 5. The van der Waals surface area contributed by atoms with Gasteiger partial charge in [0, 0.05) is 5.56 Å². The molecule has 0 spiro atoms. The van der Waals surface area contributed by atoms with Crippen LogP contribution < -0.4 is 14.8 Å². The summed E-state index contributed by atoms with van der Waals surface area (Å²) in [5.41, 5.74) is 0.777. The van der Waals surface area contributed by atoms with Crippen molar-refractivity contribution in [2.45, 2.75) is 0 Å². The Bertz CT molecular complexity index is 540. The van der Waals surface area contributed by atoms with E-state index >= 15 is 0 Å². The standard InChI is InChI=1S/C12H11NO3S2/c1-15-8-3-4-9(16-2)7(5-8)6-10-11(14)13-12(17)18-10/h3-6H,1-2H3,(H,13,14,17)/b10-6+. The Labute approximate surface area is 114 Å². The molecule has 1 aliphatic heterocycles. The summed E-state index contributed by atoms with van der Waals surface area (Å²) in [5, 5.41) is 2.57. The molecule has 6 heteroatoms. The second-order valence-corrected chi connectivity index (χ2v) is 5.18. The molecule has 1 N–H and O–H groups in total. The van der Waals surface area contributed by atoms with Gasteiger partial charge in [-0.05, 0) is 24.3 Å². The topological polar surface area (TPSA) is 47.6 Å². The molecule has 0 aliphatic carbocycles. The van der Waals surface area contributed by atoms with Crippen LogP contribution in [0.25, 0.3) is 6.08 Å². The fraction of sp³-hybridized carbons (Fsp3) is 0.167. The molecule has 0 aromatic heterocycles. The zero-order valence-corrected chi connectivity index (χ0v) is 11.5. The number of benzene rings is 1. The molecular weight excluding hydrogens is 270 g/mol. The number of thioether (sulfide) groups is 1. The lowest BCUT2D eigenvalue weighted by Gasteiger charge is -2.07. The number of methoxy groups -OCH3 is 2. The number of carbonyl (C=O) groups is 1. The highest BCUT2D eigenvalue weighted by Gasteiger charge is 2.22. The molecule has 1 aliphatic rings. The van der Waals surface area contributed by atoms with Crippen LogP contribution in [0.1, 0.15) is 5.56 Å². The Kier molecular flexibility index (Phi) is 3.88. The maximum Gasteiger partial charge on any atom is 0.263 e. The van der Waals surface area contributed by atoms with E-state index in [4.69, 9.17) is 21.7 Å². The third-order valence-corrected chi connectivity index (χ3v) is 3.53. The highest BCUT2D eigenvalue weighted by Crippen LogP contribution is 2.31. The maximum atomic E-state index is 11.6. The van der Waals surface area contributed by atoms with Crippen molar-refractivity contribution in [2.75, 3.05) is 14.2 Å². The molecule has 1 saturated heterocycles. The van der Waals surface area contributed by atoms with E-state index in [9.17, 15) is 4.79 Å². The van der Waals surface area contributed by atoms with E-state index in [-0.39, 0.29) is 5.91 Å². The number of rotatable bonds is 3. The Balaban J connectivity index is 2.40. The molecule has 1 heterocycles. The van der Waals surface area contributed by atoms with Crippen LogP contribution in [0.5, 0.6) is 11.5 Å². The minimum Gasteiger partial charge on any atom is -0.497 e. The van der Waals surface area contributed by atoms with Crippen molar-refractivity contribution in [3.8, 4) is 11.5 Å². The van der Waals surface area contributed by atoms with E-state index in [1.54, 1.807) is 38.5 Å². The highest BCUT2D eigenvalue weighted by atomic mass is 32.2. The van der Waals surface area contributed by atoms with Gasteiger partial charge in [0.2, 0.25) is 0 Å². The van der Waals surface area contributed by atoms with Crippen LogP contribution >= 0.6 is 24.0 Å². The van der Waals surface area contributed by atoms with Crippen molar-refractivity contribution in [2.24, 2.45) is 0 Å². The fourth-order valence-electron chi connectivity index (χ4n) is 1.51. The van der Waals surface area contributed by atoms with Gasteiger partial charge in [-0.15, -0.1) is 0 Å². The molecule has 0 saturated carbocycles. The molecule has 2 rings (SSSR count). The zero-order valence-electron chi connectivity index (χ0n) is 9.85. The Morgan fingerprint density at radius 1 is 1.33 bits per heavy atom. The van der Waals surface area contributed by atoms with E-state index in [1.165, 1.54) is 11.8 Å². The molecule has 1 amide bonds. The number of amides is 1. The lowest BCUT2D eigenvalue weighted by molar-refractivity contribution is -0.115. The summed E-state index contributed by atoms with van der Waals surface area (Å²) in [6, 6.07) is 5.40. The van der Waals surface area contributed by atoms with Crippen LogP contribution in [0.15, 0.2) is 23.1 Å². The molecule has 4 nitrogen and oxygen atoms in total. The first-order chi connectivity index (χ1) is 8.63. The van der Waals surface area contributed by atoms with Gasteiger partial charge in [-0.3, -0.25) is 4.79 Å². The SMILES string of the molecule is COc1ccc(OC)c(/C=C2/SC(=S)NC2=O)c1. The third kappa shape index (κ3) is 2.65. The monoisotopic (exact) mass is 281 g/mol. The predicted molar refractivity (Wildman–Crippen MR) is 75.9 cm³/mol. The molecule has 18 heavy (non-hydrogen) atoms. The average Bonchev–Trinajstić information content (AvgIpc) is 2.67. The Morgan fingerprint density at radius 3 is 2.67 bits per heavy atom. The van der Waals surface area contributed by atoms with E-state index in [2.05, 4.69) is 5.32 Å². The molecule has 0 atom stereocenters. The molecular formula is C12H11NO3S2. The van der Waals surface area contributed by atoms with Gasteiger partial charge in [0.15, 0.2) is 0 Å². The summed E-state index contributed by atoms with van der Waals surface area (Å²) < 4.78 is 10.9. The Hall–Kier alpha value is -1.53. The number of nitrogens with one attached hydrogen (secondary N) is 1. The minimum absolute atomic E-state index is 0.185. The van der Waals surface area contributed by atoms with Crippen molar-refractivity contribution < 1.29 is 14.3 Å². The fourth-order valence-corrected chi connectivity index (χ4v) is 2.55. The molecule has 1 aromatic carbocycles. The lowest BCUT2D eigenvalue weighted by Crippen LogP contribution is -2.17. The van der Waals surface area contributed by atoms with E-state index < -0.39 is 0 Å². The molecule has 1 aromatic rings. The summed E-state index contributed by atoms with van der Waals surface area (Å²) >= 11 is 6.17. The lowest BCUT2D eigenvalue weighted by atomic mass is 10.1. The molecule has 94 valence electrons. The molecule has 0 radical (unpaired) electrons. The molecule has 0 bridgehead atoms. The number of ether oxygens (including phenoxy) is 2. The van der Waals surface area contributed by atoms with Gasteiger partial charge < -0.3 is 14.8 Å². The van der Waals surface area contributed by atoms with Gasteiger partial charge >= 0.3 is 0 Å². The van der Waals surface area contributed by atoms with Crippen molar-refractivity contribution in [1.82, 2.24) is 5.32 Å². The first kappa shape index (κ1) is 12.9. The van der Waals surface area contributed by atoms with Crippen molar-refractivity contribution in [3.63, 3.8) is 0 Å². The van der Waals surface area contributed by atoms with Gasteiger partial charge in [0.1, 0.15) is 15.8 Å². The second kappa shape index (κ2) is 5.41. The van der Waals surface area contributed by atoms with Gasteiger partial charge in [0.05, 0.1) is 19.1 Å². The first-order valence-electron chi connectivity index (χ1n) is 5.11. The number of carbonyl (C=O) groups excluding carboxylic acids is 1. The van der Waals surface area contributed by atoms with Crippen LogP contribution in [0.2, 0.25) is 0 Å². The zero-order chi connectivity index (χ0) is 13.1. The van der Waals surface area contributed by atoms with Crippen molar-refractivity contribution in [3.05, 3.63) is 28.7 Å². The number of hydrogen-bond donors (Lipinski definition) is 1. The first-order valence-corrected chi connectivity index (χ1v) is 6.33. The van der Waals surface area contributed by atoms with Gasteiger partial charge in [-0.25, -0.2) is 0 Å². The summed E-state index contributed by atoms with van der Waals surface area (Å²) in [6.45, 7) is 0. The molecule has 1 fully saturated rings. The van der Waals surface area contributed by atoms with Gasteiger partial charge in [-0.2, -0.15) is 0 Å². The summed E-state index contributed by atoms with van der Waals surface area (Å²) in [5.74, 6) is 1.19. The van der Waals surface area contributed by atoms with Crippen LogP contribution in [0.3, 0.4) is 0 Å². The van der Waals surface area contributed by atoms with E-state index in [1.807, 2.05) is 0 Å². The summed E-state index contributed by atoms with van der Waals surface area (Å²) in [4.78, 5) is 12.1. The third-order valence-electron chi connectivity index (χ3n) is 2.37. The summed E-state index contributed by atoms with van der Waals surface area (Å²) in [6.07, 6.45) is 1.74.